The van der Waals surface area contributed by atoms with Gasteiger partial charge in [-0.05, 0) is 78.0 Å². The molecule has 1 atom stereocenters. The highest BCUT2D eigenvalue weighted by atomic mass is 14.3. The summed E-state index contributed by atoms with van der Waals surface area (Å²) in [6, 6.07) is 24.9. The fourth-order valence-corrected chi connectivity index (χ4v) is 5.54. The van der Waals surface area contributed by atoms with Crippen molar-refractivity contribution in [2.24, 2.45) is 0 Å². The highest BCUT2D eigenvalue weighted by Gasteiger charge is 2.24. The molecule has 0 spiro atoms. The molecule has 0 nitrogen and oxygen atoms in total. The minimum atomic E-state index is 0.491. The fourth-order valence-electron chi connectivity index (χ4n) is 5.54. The van der Waals surface area contributed by atoms with Crippen LogP contribution in [0.1, 0.15) is 17.9 Å². The summed E-state index contributed by atoms with van der Waals surface area (Å²) >= 11 is 0. The van der Waals surface area contributed by atoms with Crippen molar-refractivity contribution in [3.8, 4) is 0 Å². The van der Waals surface area contributed by atoms with Crippen LogP contribution < -0.4 is 5.22 Å². The number of rotatable bonds is 0. The average Bonchev–Trinajstić information content (AvgIpc) is 2.77. The van der Waals surface area contributed by atoms with Crippen molar-refractivity contribution in [3.63, 3.8) is 0 Å². The van der Waals surface area contributed by atoms with Crippen molar-refractivity contribution in [3.05, 3.63) is 101 Å². The molecule has 0 fully saturated rings. The smallest absolute Gasteiger partial charge is 0.0130 e. The quantitative estimate of drug-likeness (QED) is 0.212. The van der Waals surface area contributed by atoms with E-state index in [1.165, 1.54) is 59.4 Å². The van der Waals surface area contributed by atoms with Crippen LogP contribution in [-0.2, 0) is 0 Å². The van der Waals surface area contributed by atoms with Crippen LogP contribution in [0.15, 0.2) is 90.5 Å². The summed E-state index contributed by atoms with van der Waals surface area (Å²) in [5.74, 6) is 0.491. The Morgan fingerprint density at radius 1 is 0.679 bits per heavy atom. The van der Waals surface area contributed by atoms with Gasteiger partial charge in [-0.1, -0.05) is 78.9 Å². The molecule has 0 aromatic heterocycles. The molecule has 0 saturated heterocycles. The molecular weight excluding hydrogens is 336 g/mol. The van der Waals surface area contributed by atoms with Crippen LogP contribution in [0.25, 0.3) is 49.2 Å². The summed E-state index contributed by atoms with van der Waals surface area (Å²) in [5.41, 5.74) is 2.94. The van der Waals surface area contributed by atoms with Crippen molar-refractivity contribution < 1.29 is 0 Å². The second-order valence-corrected chi connectivity index (χ2v) is 8.08. The molecule has 28 heavy (non-hydrogen) atoms. The lowest BCUT2D eigenvalue weighted by Crippen LogP contribution is -2.18. The molecule has 0 saturated carbocycles. The molecule has 2 aliphatic carbocycles. The zero-order valence-electron chi connectivity index (χ0n) is 15.4. The SMILES string of the molecule is C1=CCC2C(=C1)C=c1c3cccc4c5ccccc5cc(c5cccc2c15)c34. The first-order valence-corrected chi connectivity index (χ1v) is 10.1. The van der Waals surface area contributed by atoms with Gasteiger partial charge in [0, 0.05) is 5.92 Å². The van der Waals surface area contributed by atoms with E-state index in [1.807, 2.05) is 0 Å². The van der Waals surface area contributed by atoms with E-state index in [-0.39, 0.29) is 0 Å². The van der Waals surface area contributed by atoms with Crippen molar-refractivity contribution in [2.75, 3.05) is 0 Å². The fraction of sp³-hybridized carbons (Fsp3) is 0.0714. The van der Waals surface area contributed by atoms with E-state index in [4.69, 9.17) is 0 Å². The standard InChI is InChI=1S/C28H18/c1-3-9-19-17(7-1)15-25-23-13-6-12-22-20-10-4-2-8-18(20)16-26(28(22)23)24-14-5-11-21(19)27(24)25/h1-9,11-16,20H,10H2. The maximum absolute atomic E-state index is 2.45. The molecule has 2 aliphatic rings. The molecule has 0 heterocycles. The summed E-state index contributed by atoms with van der Waals surface area (Å²) < 4.78 is 0. The van der Waals surface area contributed by atoms with Gasteiger partial charge in [-0.3, -0.25) is 0 Å². The van der Waals surface area contributed by atoms with Gasteiger partial charge in [0.15, 0.2) is 0 Å². The maximum Gasteiger partial charge on any atom is 0.0130 e. The zero-order chi connectivity index (χ0) is 18.2. The van der Waals surface area contributed by atoms with Crippen LogP contribution in [0, 0.1) is 0 Å². The Morgan fingerprint density at radius 2 is 1.46 bits per heavy atom. The molecule has 0 bridgehead atoms. The summed E-state index contributed by atoms with van der Waals surface area (Å²) in [6.45, 7) is 0. The number of hydrogen-bond acceptors (Lipinski definition) is 0. The summed E-state index contributed by atoms with van der Waals surface area (Å²) in [6.07, 6.45) is 10.4. The highest BCUT2D eigenvalue weighted by molar-refractivity contribution is 6.28. The first kappa shape index (κ1) is 14.6. The molecule has 0 aliphatic heterocycles. The second-order valence-electron chi connectivity index (χ2n) is 8.08. The van der Waals surface area contributed by atoms with Crippen LogP contribution in [0.5, 0.6) is 0 Å². The van der Waals surface area contributed by atoms with Crippen LogP contribution in [0.2, 0.25) is 0 Å². The highest BCUT2D eigenvalue weighted by Crippen LogP contribution is 2.42. The van der Waals surface area contributed by atoms with E-state index in [0.29, 0.717) is 5.92 Å². The lowest BCUT2D eigenvalue weighted by Gasteiger charge is -2.27. The Kier molecular flexibility index (Phi) is 2.67. The molecule has 7 rings (SSSR count). The second kappa shape index (κ2) is 5.11. The predicted molar refractivity (Wildman–Crippen MR) is 121 cm³/mol. The van der Waals surface area contributed by atoms with Crippen LogP contribution in [0.3, 0.4) is 0 Å². The largest absolute Gasteiger partial charge is 0.0836 e. The van der Waals surface area contributed by atoms with Gasteiger partial charge in [-0.15, -0.1) is 0 Å². The van der Waals surface area contributed by atoms with E-state index >= 15 is 0 Å². The van der Waals surface area contributed by atoms with E-state index in [0.717, 1.165) is 6.42 Å². The van der Waals surface area contributed by atoms with E-state index in [9.17, 15) is 0 Å². The van der Waals surface area contributed by atoms with E-state index < -0.39 is 0 Å². The topological polar surface area (TPSA) is 0 Å². The third-order valence-electron chi connectivity index (χ3n) is 6.72. The Labute approximate surface area is 163 Å². The summed E-state index contributed by atoms with van der Waals surface area (Å²) in [7, 11) is 0. The van der Waals surface area contributed by atoms with Gasteiger partial charge in [0.25, 0.3) is 0 Å². The Hall–Kier alpha value is -3.38. The normalized spacial score (nSPS) is 17.9. The molecule has 0 amide bonds. The number of hydrogen-bond donors (Lipinski definition) is 0. The molecule has 1 unspecified atom stereocenters. The van der Waals surface area contributed by atoms with Crippen LogP contribution in [-0.4, -0.2) is 0 Å². The first-order valence-electron chi connectivity index (χ1n) is 10.1. The number of fused-ring (bicyclic) bond motifs is 6. The Balaban J connectivity index is 1.84. The lowest BCUT2D eigenvalue weighted by atomic mass is 9.77. The molecule has 130 valence electrons. The van der Waals surface area contributed by atoms with Crippen molar-refractivity contribution in [1.29, 1.82) is 0 Å². The molecule has 0 N–H and O–H groups in total. The van der Waals surface area contributed by atoms with Gasteiger partial charge < -0.3 is 0 Å². The predicted octanol–water partition coefficient (Wildman–Crippen LogP) is 6.78. The van der Waals surface area contributed by atoms with Crippen molar-refractivity contribution in [1.82, 2.24) is 0 Å². The van der Waals surface area contributed by atoms with Crippen molar-refractivity contribution >= 4 is 49.2 Å². The molecule has 0 heteroatoms. The van der Waals surface area contributed by atoms with Gasteiger partial charge in [-0.25, -0.2) is 0 Å². The van der Waals surface area contributed by atoms with Gasteiger partial charge in [0.05, 0.1) is 0 Å². The zero-order valence-corrected chi connectivity index (χ0v) is 15.4. The Morgan fingerprint density at radius 3 is 2.43 bits per heavy atom. The van der Waals surface area contributed by atoms with Crippen molar-refractivity contribution in [2.45, 2.75) is 12.3 Å². The third kappa shape index (κ3) is 1.71. The molecular formula is C28H18. The number of allylic oxidation sites excluding steroid dienone is 4. The van der Waals surface area contributed by atoms with E-state index in [1.54, 1.807) is 0 Å². The Bertz CT molecular complexity index is 1580. The lowest BCUT2D eigenvalue weighted by molar-refractivity contribution is 0.830. The van der Waals surface area contributed by atoms with Crippen LogP contribution in [0.4, 0.5) is 0 Å². The van der Waals surface area contributed by atoms with Crippen LogP contribution >= 0.6 is 0 Å². The van der Waals surface area contributed by atoms with Gasteiger partial charge >= 0.3 is 0 Å². The van der Waals surface area contributed by atoms with E-state index in [2.05, 4.69) is 91.0 Å². The number of benzene rings is 5. The molecule has 5 aromatic carbocycles. The minimum absolute atomic E-state index is 0.491. The molecule has 0 radical (unpaired) electrons. The molecule has 5 aromatic rings. The summed E-state index contributed by atoms with van der Waals surface area (Å²) in [4.78, 5) is 0. The minimum Gasteiger partial charge on any atom is -0.0836 e. The van der Waals surface area contributed by atoms with Gasteiger partial charge in [0.1, 0.15) is 0 Å². The third-order valence-corrected chi connectivity index (χ3v) is 6.72. The summed E-state index contributed by atoms with van der Waals surface area (Å²) in [5, 5.41) is 12.5. The maximum atomic E-state index is 2.45. The monoisotopic (exact) mass is 354 g/mol. The van der Waals surface area contributed by atoms with Gasteiger partial charge in [0.2, 0.25) is 0 Å². The van der Waals surface area contributed by atoms with Gasteiger partial charge in [-0.2, -0.15) is 0 Å². The average molecular weight is 354 g/mol. The first-order chi connectivity index (χ1) is 13.9.